The van der Waals surface area contributed by atoms with Crippen LogP contribution in [0.3, 0.4) is 0 Å². The molecule has 1 unspecified atom stereocenters. The summed E-state index contributed by atoms with van der Waals surface area (Å²) in [4.78, 5) is 32.1. The number of fused-ring (bicyclic) bond motifs is 1. The largest absolute Gasteiger partial charge is 0.319 e. The first-order valence-electron chi connectivity index (χ1n) is 11.4. The van der Waals surface area contributed by atoms with Crippen molar-refractivity contribution >= 4 is 33.1 Å². The zero-order chi connectivity index (χ0) is 24.6. The summed E-state index contributed by atoms with van der Waals surface area (Å²) >= 11 is 1.59. The first-order chi connectivity index (χ1) is 16.9. The van der Waals surface area contributed by atoms with Crippen LogP contribution < -0.4 is 10.9 Å². The molecule has 1 atom stereocenters. The van der Waals surface area contributed by atoms with E-state index < -0.39 is 5.41 Å². The summed E-state index contributed by atoms with van der Waals surface area (Å²) in [6, 6.07) is 27.1. The van der Waals surface area contributed by atoms with Crippen LogP contribution in [0, 0.1) is 6.92 Å². The molecule has 1 amide bonds. The van der Waals surface area contributed by atoms with Crippen LogP contribution in [0.1, 0.15) is 23.2 Å². The molecule has 7 heteroatoms. The van der Waals surface area contributed by atoms with Crippen LogP contribution >= 0.6 is 11.3 Å². The van der Waals surface area contributed by atoms with Gasteiger partial charge in [-0.05, 0) is 43.7 Å². The topological polar surface area (TPSA) is 68.9 Å². The van der Waals surface area contributed by atoms with Gasteiger partial charge in [0.15, 0.2) is 0 Å². The molecule has 0 aliphatic carbocycles. The second-order valence-corrected chi connectivity index (χ2v) is 9.96. The molecular formula is C28H26N4O2S. The molecule has 6 nitrogen and oxygen atoms in total. The Labute approximate surface area is 207 Å². The van der Waals surface area contributed by atoms with E-state index >= 15 is 0 Å². The molecule has 176 valence electrons. The van der Waals surface area contributed by atoms with Crippen molar-refractivity contribution in [3.05, 3.63) is 112 Å². The van der Waals surface area contributed by atoms with Crippen molar-refractivity contribution in [1.82, 2.24) is 14.3 Å². The van der Waals surface area contributed by atoms with Crippen molar-refractivity contribution in [3.8, 4) is 5.69 Å². The minimum absolute atomic E-state index is 0.242. The normalized spacial score (nSPS) is 13.0. The van der Waals surface area contributed by atoms with E-state index in [9.17, 15) is 9.59 Å². The van der Waals surface area contributed by atoms with Gasteiger partial charge < -0.3 is 5.32 Å². The molecular weight excluding hydrogens is 456 g/mol. The minimum atomic E-state index is -0.929. The summed E-state index contributed by atoms with van der Waals surface area (Å²) in [5, 5.41) is 3.86. The highest BCUT2D eigenvalue weighted by molar-refractivity contribution is 7.18. The van der Waals surface area contributed by atoms with Crippen LogP contribution in [0.5, 0.6) is 0 Å². The maximum Gasteiger partial charge on any atom is 0.295 e. The smallest absolute Gasteiger partial charge is 0.295 e. The van der Waals surface area contributed by atoms with Gasteiger partial charge in [0, 0.05) is 13.5 Å². The molecule has 0 fully saturated rings. The number of hydrogen-bond acceptors (Lipinski definition) is 4. The summed E-state index contributed by atoms with van der Waals surface area (Å²) < 4.78 is 4.42. The Balaban J connectivity index is 1.54. The predicted molar refractivity (Wildman–Crippen MR) is 141 cm³/mol. The summed E-state index contributed by atoms with van der Waals surface area (Å²) in [6.07, 6.45) is 0.418. The van der Waals surface area contributed by atoms with Gasteiger partial charge in [-0.3, -0.25) is 14.3 Å². The third-order valence-electron chi connectivity index (χ3n) is 6.55. The third-order valence-corrected chi connectivity index (χ3v) is 7.58. The molecule has 0 spiro atoms. The Kier molecular flexibility index (Phi) is 5.86. The Morgan fingerprint density at radius 3 is 2.29 bits per heavy atom. The molecule has 3 aromatic carbocycles. The molecule has 0 saturated carbocycles. The van der Waals surface area contributed by atoms with Crippen molar-refractivity contribution in [3.63, 3.8) is 0 Å². The van der Waals surface area contributed by atoms with Crippen LogP contribution in [-0.4, -0.2) is 20.3 Å². The van der Waals surface area contributed by atoms with E-state index in [1.165, 1.54) is 0 Å². The fourth-order valence-corrected chi connectivity index (χ4v) is 5.50. The van der Waals surface area contributed by atoms with Gasteiger partial charge in [0.05, 0.1) is 32.0 Å². The maximum absolute atomic E-state index is 13.9. The number of carbonyl (C=O) groups excluding carboxylic acids is 1. The first kappa shape index (κ1) is 22.8. The van der Waals surface area contributed by atoms with Crippen LogP contribution in [0.25, 0.3) is 15.9 Å². The molecule has 1 N–H and O–H groups in total. The SMILES string of the molecule is Cc1c(NC(=O)C(C)(Cc2nc3ccccc3s2)c2ccccc2)c(=O)n(-c2ccccc2)n1C. The molecule has 0 radical (unpaired) electrons. The molecule has 5 rings (SSSR count). The van der Waals surface area contributed by atoms with E-state index in [-0.39, 0.29) is 17.2 Å². The highest BCUT2D eigenvalue weighted by Crippen LogP contribution is 2.33. The number of rotatable bonds is 6. The van der Waals surface area contributed by atoms with Crippen LogP contribution in [0.15, 0.2) is 89.7 Å². The van der Waals surface area contributed by atoms with Crippen molar-refractivity contribution in [2.45, 2.75) is 25.7 Å². The number of hydrogen-bond donors (Lipinski definition) is 1. The first-order valence-corrected chi connectivity index (χ1v) is 12.3. The number of nitrogens with zero attached hydrogens (tertiary/aromatic N) is 3. The van der Waals surface area contributed by atoms with Crippen LogP contribution in [0.2, 0.25) is 0 Å². The molecule has 5 aromatic rings. The number of para-hydroxylation sites is 2. The van der Waals surface area contributed by atoms with E-state index in [0.29, 0.717) is 12.1 Å². The number of anilines is 1. The van der Waals surface area contributed by atoms with Gasteiger partial charge in [0.2, 0.25) is 5.91 Å². The van der Waals surface area contributed by atoms with E-state index in [0.717, 1.165) is 26.5 Å². The third kappa shape index (κ3) is 4.08. The Morgan fingerprint density at radius 1 is 0.971 bits per heavy atom. The lowest BCUT2D eigenvalue weighted by Crippen LogP contribution is -2.40. The van der Waals surface area contributed by atoms with Crippen LogP contribution in [-0.2, 0) is 23.7 Å². The van der Waals surface area contributed by atoms with Crippen LogP contribution in [0.4, 0.5) is 5.69 Å². The van der Waals surface area contributed by atoms with Crippen molar-refractivity contribution in [2.75, 3.05) is 5.32 Å². The number of thiazole rings is 1. The quantitative estimate of drug-likeness (QED) is 0.360. The Morgan fingerprint density at radius 2 is 1.60 bits per heavy atom. The molecule has 2 heterocycles. The number of benzene rings is 3. The molecule has 0 aliphatic rings. The van der Waals surface area contributed by atoms with E-state index in [1.807, 2.05) is 106 Å². The Bertz CT molecular complexity index is 1530. The van der Waals surface area contributed by atoms with Gasteiger partial charge in [-0.25, -0.2) is 9.67 Å². The summed E-state index contributed by atoms with van der Waals surface area (Å²) in [6.45, 7) is 3.75. The van der Waals surface area contributed by atoms with E-state index in [4.69, 9.17) is 4.98 Å². The van der Waals surface area contributed by atoms with Gasteiger partial charge in [0.1, 0.15) is 5.69 Å². The van der Waals surface area contributed by atoms with Gasteiger partial charge >= 0.3 is 0 Å². The van der Waals surface area contributed by atoms with Crippen molar-refractivity contribution in [1.29, 1.82) is 0 Å². The van der Waals surface area contributed by atoms with E-state index in [2.05, 4.69) is 5.32 Å². The lowest BCUT2D eigenvalue weighted by Gasteiger charge is -2.28. The average molecular weight is 483 g/mol. The number of carbonyl (C=O) groups is 1. The van der Waals surface area contributed by atoms with Crippen molar-refractivity contribution < 1.29 is 4.79 Å². The summed E-state index contributed by atoms with van der Waals surface area (Å²) in [5.41, 5.74) is 2.31. The predicted octanol–water partition coefficient (Wildman–Crippen LogP) is 5.23. The summed E-state index contributed by atoms with van der Waals surface area (Å²) in [7, 11) is 1.82. The molecule has 35 heavy (non-hydrogen) atoms. The molecule has 2 aromatic heterocycles. The summed E-state index contributed by atoms with van der Waals surface area (Å²) in [5.74, 6) is -0.242. The van der Waals surface area contributed by atoms with Gasteiger partial charge in [-0.1, -0.05) is 60.7 Å². The zero-order valence-electron chi connectivity index (χ0n) is 19.9. The fourth-order valence-electron chi connectivity index (χ4n) is 4.38. The zero-order valence-corrected chi connectivity index (χ0v) is 20.7. The highest BCUT2D eigenvalue weighted by atomic mass is 32.1. The lowest BCUT2D eigenvalue weighted by molar-refractivity contribution is -0.121. The van der Waals surface area contributed by atoms with Crippen molar-refractivity contribution in [2.24, 2.45) is 7.05 Å². The average Bonchev–Trinajstić information content (AvgIpc) is 3.38. The van der Waals surface area contributed by atoms with E-state index in [1.54, 1.807) is 20.7 Å². The second-order valence-electron chi connectivity index (χ2n) is 8.84. The fraction of sp³-hybridized carbons (Fsp3) is 0.179. The minimum Gasteiger partial charge on any atom is -0.319 e. The monoisotopic (exact) mass is 482 g/mol. The molecule has 0 saturated heterocycles. The number of nitrogens with one attached hydrogen (secondary N) is 1. The highest BCUT2D eigenvalue weighted by Gasteiger charge is 2.37. The maximum atomic E-state index is 13.9. The Hall–Kier alpha value is -3.97. The molecule has 0 aliphatic heterocycles. The number of aromatic nitrogens is 3. The van der Waals surface area contributed by atoms with Gasteiger partial charge in [0.25, 0.3) is 5.56 Å². The molecule has 0 bridgehead atoms. The lowest BCUT2D eigenvalue weighted by atomic mass is 9.78. The standard InChI is InChI=1S/C28H26N4O2S/c1-19-25(26(33)32(31(19)3)21-14-8-5-9-15-21)30-27(34)28(2,20-12-6-4-7-13-20)18-24-29-22-16-10-11-17-23(22)35-24/h4-17H,18H2,1-3H3,(H,30,34). The second kappa shape index (κ2) is 9.00. The van der Waals surface area contributed by atoms with Gasteiger partial charge in [-0.2, -0.15) is 0 Å². The van der Waals surface area contributed by atoms with Gasteiger partial charge in [-0.15, -0.1) is 11.3 Å². The number of amides is 1.